The van der Waals surface area contributed by atoms with Crippen LogP contribution in [0.25, 0.3) is 0 Å². The molecule has 0 aromatic heterocycles. The number of hydrogen-bond donors (Lipinski definition) is 3. The number of hydrogen-bond acceptors (Lipinski definition) is 5. The molecule has 9 heteroatoms. The lowest BCUT2D eigenvalue weighted by molar-refractivity contribution is -0.525. The Bertz CT molecular complexity index is 523. The van der Waals surface area contributed by atoms with E-state index >= 15 is 0 Å². The predicted molar refractivity (Wildman–Crippen MR) is 70.1 cm³/mol. The minimum Gasteiger partial charge on any atom is -0.364 e. The van der Waals surface area contributed by atoms with Crippen molar-refractivity contribution in [1.29, 1.82) is 0 Å². The van der Waals surface area contributed by atoms with Crippen LogP contribution in [0.4, 0.5) is 5.69 Å². The third kappa shape index (κ3) is 5.77. The van der Waals surface area contributed by atoms with E-state index in [0.29, 0.717) is 11.3 Å². The van der Waals surface area contributed by atoms with Crippen LogP contribution in [0.5, 0.6) is 0 Å². The van der Waals surface area contributed by atoms with E-state index in [4.69, 9.17) is 5.73 Å². The van der Waals surface area contributed by atoms with Crippen molar-refractivity contribution in [3.05, 3.63) is 39.9 Å². The number of nitrogens with zero attached hydrogens (tertiary/aromatic N) is 3. The van der Waals surface area contributed by atoms with Crippen LogP contribution in [-0.2, 0) is 4.79 Å². The van der Waals surface area contributed by atoms with Gasteiger partial charge in [0.2, 0.25) is 5.91 Å². The molecule has 0 radical (unpaired) electrons. The van der Waals surface area contributed by atoms with Gasteiger partial charge in [0.05, 0.1) is 6.21 Å². The minimum atomic E-state index is -0.837. The monoisotopic (exact) mass is 264 g/mol. The smallest absolute Gasteiger partial charge is 0.275 e. The number of carbonyl (C=O) groups excluding carboxylic acids is 1. The molecule has 0 bridgehead atoms. The zero-order valence-electron chi connectivity index (χ0n) is 10.0. The standard InChI is InChI=1S/C10H12N6O3/c1-7(17)13-9-4-2-8(3-5-9)6-12-14-10(11)15-16(18)19/h2-6H,1H3,(H,13,17)(H3,11,14,15). The number of nitrogens with one attached hydrogen (secondary N) is 2. The summed E-state index contributed by atoms with van der Waals surface area (Å²) < 4.78 is 0. The van der Waals surface area contributed by atoms with Crippen molar-refractivity contribution < 1.29 is 9.83 Å². The summed E-state index contributed by atoms with van der Waals surface area (Å²) in [5.41, 5.74) is 8.16. The molecular formula is C10H12N6O3. The zero-order chi connectivity index (χ0) is 14.3. The lowest BCUT2D eigenvalue weighted by atomic mass is 10.2. The number of nitrogens with two attached hydrogens (primary N) is 1. The number of benzene rings is 1. The summed E-state index contributed by atoms with van der Waals surface area (Å²) in [6.07, 6.45) is 1.37. The van der Waals surface area contributed by atoms with Gasteiger partial charge in [0.1, 0.15) is 0 Å². The van der Waals surface area contributed by atoms with E-state index < -0.39 is 11.0 Å². The van der Waals surface area contributed by atoms with Crippen LogP contribution in [0.1, 0.15) is 12.5 Å². The molecule has 100 valence electrons. The van der Waals surface area contributed by atoms with Crippen molar-refractivity contribution in [2.45, 2.75) is 6.92 Å². The number of guanidine groups is 1. The summed E-state index contributed by atoms with van der Waals surface area (Å²) >= 11 is 0. The molecule has 0 fully saturated rings. The maximum atomic E-state index is 10.8. The van der Waals surface area contributed by atoms with Gasteiger partial charge in [0, 0.05) is 12.6 Å². The summed E-state index contributed by atoms with van der Waals surface area (Å²) in [5, 5.41) is 18.7. The molecule has 0 aliphatic carbocycles. The van der Waals surface area contributed by atoms with Gasteiger partial charge in [0.25, 0.3) is 5.96 Å². The molecule has 1 aromatic rings. The van der Waals surface area contributed by atoms with Gasteiger partial charge in [0.15, 0.2) is 5.03 Å². The molecule has 19 heavy (non-hydrogen) atoms. The minimum absolute atomic E-state index is 0.162. The quantitative estimate of drug-likeness (QED) is 0.306. The topological polar surface area (TPSA) is 135 Å². The lowest BCUT2D eigenvalue weighted by Crippen LogP contribution is -2.35. The predicted octanol–water partition coefficient (Wildman–Crippen LogP) is 0.0749. The number of amides is 1. The number of anilines is 1. The average molecular weight is 264 g/mol. The van der Waals surface area contributed by atoms with Crippen LogP contribution in [0, 0.1) is 10.1 Å². The van der Waals surface area contributed by atoms with Gasteiger partial charge in [-0.3, -0.25) is 4.79 Å². The van der Waals surface area contributed by atoms with Crippen LogP contribution in [0.15, 0.2) is 34.5 Å². The molecule has 1 amide bonds. The molecular weight excluding hydrogens is 252 g/mol. The highest BCUT2D eigenvalue weighted by Crippen LogP contribution is 2.07. The number of rotatable bonds is 4. The van der Waals surface area contributed by atoms with Crippen LogP contribution in [-0.4, -0.2) is 23.1 Å². The Kier molecular flexibility index (Phi) is 4.96. The number of carbonyl (C=O) groups is 1. The Hall–Kier alpha value is -2.97. The largest absolute Gasteiger partial charge is 0.364 e. The van der Waals surface area contributed by atoms with Crippen molar-refractivity contribution >= 4 is 23.8 Å². The first-order chi connectivity index (χ1) is 8.97. The second-order valence-electron chi connectivity index (χ2n) is 3.40. The van der Waals surface area contributed by atoms with Crippen LogP contribution >= 0.6 is 0 Å². The third-order valence-electron chi connectivity index (χ3n) is 1.81. The molecule has 0 aliphatic heterocycles. The second kappa shape index (κ2) is 6.69. The average Bonchev–Trinajstić information content (AvgIpc) is 2.29. The Morgan fingerprint density at radius 1 is 1.42 bits per heavy atom. The first kappa shape index (κ1) is 14.1. The van der Waals surface area contributed by atoms with Crippen LogP contribution in [0.3, 0.4) is 0 Å². The molecule has 1 aromatic carbocycles. The highest BCUT2D eigenvalue weighted by atomic mass is 16.7. The van der Waals surface area contributed by atoms with Gasteiger partial charge in [-0.05, 0) is 17.7 Å². The number of hydrazine groups is 1. The van der Waals surface area contributed by atoms with E-state index in [-0.39, 0.29) is 5.91 Å². The first-order valence-electron chi connectivity index (χ1n) is 5.12. The first-order valence-corrected chi connectivity index (χ1v) is 5.12. The van der Waals surface area contributed by atoms with Gasteiger partial charge in [-0.15, -0.1) is 5.10 Å². The lowest BCUT2D eigenvalue weighted by Gasteiger charge is -2.00. The number of nitro groups is 1. The van der Waals surface area contributed by atoms with Gasteiger partial charge in [-0.25, -0.2) is 10.1 Å². The Morgan fingerprint density at radius 2 is 2.05 bits per heavy atom. The third-order valence-corrected chi connectivity index (χ3v) is 1.81. The fourth-order valence-corrected chi connectivity index (χ4v) is 1.13. The molecule has 1 rings (SSSR count). The molecule has 0 atom stereocenters. The summed E-state index contributed by atoms with van der Waals surface area (Å²) in [6, 6.07) is 6.76. The van der Waals surface area contributed by atoms with Crippen molar-refractivity contribution in [1.82, 2.24) is 5.43 Å². The normalized spacial score (nSPS) is 11.3. The van der Waals surface area contributed by atoms with Crippen molar-refractivity contribution in [3.8, 4) is 0 Å². The molecule has 0 saturated carbocycles. The summed E-state index contributed by atoms with van der Waals surface area (Å²) in [7, 11) is 0. The van der Waals surface area contributed by atoms with Crippen molar-refractivity contribution in [3.63, 3.8) is 0 Å². The van der Waals surface area contributed by atoms with Crippen molar-refractivity contribution in [2.24, 2.45) is 15.9 Å². The summed E-state index contributed by atoms with van der Waals surface area (Å²) in [6.45, 7) is 1.41. The van der Waals surface area contributed by atoms with Gasteiger partial charge >= 0.3 is 0 Å². The molecule has 0 saturated heterocycles. The van der Waals surface area contributed by atoms with E-state index in [1.54, 1.807) is 29.7 Å². The van der Waals surface area contributed by atoms with E-state index in [2.05, 4.69) is 15.5 Å². The van der Waals surface area contributed by atoms with Crippen LogP contribution in [0.2, 0.25) is 0 Å². The molecule has 0 heterocycles. The summed E-state index contributed by atoms with van der Waals surface area (Å²) in [4.78, 5) is 20.8. The van der Waals surface area contributed by atoms with E-state index in [1.165, 1.54) is 13.1 Å². The van der Waals surface area contributed by atoms with Gasteiger partial charge < -0.3 is 11.1 Å². The highest BCUT2D eigenvalue weighted by molar-refractivity contribution is 5.89. The van der Waals surface area contributed by atoms with Crippen molar-refractivity contribution in [2.75, 3.05) is 5.32 Å². The Labute approximate surface area is 108 Å². The van der Waals surface area contributed by atoms with Gasteiger partial charge in [-0.1, -0.05) is 17.6 Å². The van der Waals surface area contributed by atoms with E-state index in [0.717, 1.165) is 0 Å². The van der Waals surface area contributed by atoms with E-state index in [1.807, 2.05) is 0 Å². The molecule has 0 spiro atoms. The SMILES string of the molecule is CC(=O)Nc1ccc(C=N/N=C(\N)N[N+](=O)[O-])cc1. The maximum absolute atomic E-state index is 10.8. The zero-order valence-corrected chi connectivity index (χ0v) is 10.0. The van der Waals surface area contributed by atoms with Gasteiger partial charge in [-0.2, -0.15) is 5.10 Å². The molecule has 4 N–H and O–H groups in total. The Morgan fingerprint density at radius 3 is 2.58 bits per heavy atom. The molecule has 0 unspecified atom stereocenters. The van der Waals surface area contributed by atoms with E-state index in [9.17, 15) is 14.9 Å². The maximum Gasteiger partial charge on any atom is 0.275 e. The Balaban J connectivity index is 2.62. The fourth-order valence-electron chi connectivity index (χ4n) is 1.13. The molecule has 9 nitrogen and oxygen atoms in total. The highest BCUT2D eigenvalue weighted by Gasteiger charge is 1.97. The molecule has 0 aliphatic rings. The summed E-state index contributed by atoms with van der Waals surface area (Å²) in [5.74, 6) is -0.583. The second-order valence-corrected chi connectivity index (χ2v) is 3.40. The fraction of sp³-hybridized carbons (Fsp3) is 0.100. The van der Waals surface area contributed by atoms with Crippen LogP contribution < -0.4 is 16.5 Å².